The van der Waals surface area contributed by atoms with Crippen LogP contribution in [0.25, 0.3) is 0 Å². The third-order valence-electron chi connectivity index (χ3n) is 1.93. The maximum absolute atomic E-state index is 5.11. The molecule has 1 aromatic rings. The maximum atomic E-state index is 5.11. The summed E-state index contributed by atoms with van der Waals surface area (Å²) in [6, 6.07) is 0. The van der Waals surface area contributed by atoms with Gasteiger partial charge < -0.3 is 10.6 Å². The van der Waals surface area contributed by atoms with Crippen LogP contribution >= 0.6 is 11.3 Å². The van der Waals surface area contributed by atoms with Gasteiger partial charge in [-0.05, 0) is 6.42 Å². The Labute approximate surface area is 95.3 Å². The lowest BCUT2D eigenvalue weighted by Crippen LogP contribution is -2.27. The van der Waals surface area contributed by atoms with Gasteiger partial charge in [-0.1, -0.05) is 12.8 Å². The summed E-state index contributed by atoms with van der Waals surface area (Å²) in [5, 5.41) is 7.59. The Bertz CT molecular complexity index is 314. The lowest BCUT2D eigenvalue weighted by molar-refractivity contribution is 0.636. The first-order chi connectivity index (χ1) is 7.36. The molecule has 0 atom stereocenters. The third-order valence-corrected chi connectivity index (χ3v) is 3.07. The second kappa shape index (κ2) is 7.41. The fraction of sp³-hybridized carbons (Fsp3) is 0.545. The average molecular weight is 223 g/mol. The Hall–Kier alpha value is -0.890. The topological polar surface area (TPSA) is 37.0 Å². The van der Waals surface area contributed by atoms with Crippen molar-refractivity contribution >= 4 is 11.3 Å². The number of thiazole rings is 1. The van der Waals surface area contributed by atoms with Crippen molar-refractivity contribution in [3.05, 3.63) is 16.1 Å². The molecule has 0 fully saturated rings. The first kappa shape index (κ1) is 12.2. The fourth-order valence-corrected chi connectivity index (χ4v) is 1.96. The van der Waals surface area contributed by atoms with Crippen molar-refractivity contribution in [2.75, 3.05) is 19.6 Å². The summed E-state index contributed by atoms with van der Waals surface area (Å²) in [5.41, 5.74) is 0. The Balaban J connectivity index is 2.07. The van der Waals surface area contributed by atoms with Gasteiger partial charge in [0, 0.05) is 30.7 Å². The predicted molar refractivity (Wildman–Crippen MR) is 64.9 cm³/mol. The number of nitrogens with one attached hydrogen (secondary N) is 2. The number of terminal acetylenes is 1. The molecule has 82 valence electrons. The molecule has 3 nitrogen and oxygen atoms in total. The molecule has 0 radical (unpaired) electrons. The van der Waals surface area contributed by atoms with E-state index in [1.54, 1.807) is 11.3 Å². The van der Waals surface area contributed by atoms with Gasteiger partial charge in [0.2, 0.25) is 0 Å². The monoisotopic (exact) mass is 223 g/mol. The smallest absolute Gasteiger partial charge is 0.107 e. The minimum absolute atomic E-state index is 0.638. The van der Waals surface area contributed by atoms with Gasteiger partial charge in [0.25, 0.3) is 0 Å². The van der Waals surface area contributed by atoms with E-state index >= 15 is 0 Å². The summed E-state index contributed by atoms with van der Waals surface area (Å²) < 4.78 is 0. The second-order valence-electron chi connectivity index (χ2n) is 3.13. The molecule has 4 heteroatoms. The normalized spacial score (nSPS) is 10.1. The molecule has 0 aliphatic rings. The van der Waals surface area contributed by atoms with Gasteiger partial charge in [-0.3, -0.25) is 0 Å². The predicted octanol–water partition coefficient (Wildman–Crippen LogP) is 1.02. The average Bonchev–Trinajstić information content (AvgIpc) is 2.71. The molecule has 0 aromatic carbocycles. The van der Waals surface area contributed by atoms with Gasteiger partial charge in [0.05, 0.1) is 6.54 Å². The highest BCUT2D eigenvalue weighted by atomic mass is 32.1. The molecule has 0 aliphatic heterocycles. The molecule has 0 amide bonds. The van der Waals surface area contributed by atoms with Crippen LogP contribution in [0.1, 0.15) is 16.8 Å². The number of aryl methyl sites for hydroxylation is 1. The quantitative estimate of drug-likeness (QED) is 0.535. The lowest BCUT2D eigenvalue weighted by atomic mass is 10.4. The van der Waals surface area contributed by atoms with Crippen molar-refractivity contribution in [2.45, 2.75) is 19.9 Å². The van der Waals surface area contributed by atoms with Crippen LogP contribution in [-0.2, 0) is 13.0 Å². The van der Waals surface area contributed by atoms with Crippen LogP contribution in [0, 0.1) is 12.3 Å². The molecular formula is C11H17N3S. The van der Waals surface area contributed by atoms with Gasteiger partial charge in [-0.15, -0.1) is 17.8 Å². The lowest BCUT2D eigenvalue weighted by Gasteiger charge is -2.01. The molecule has 0 saturated heterocycles. The van der Waals surface area contributed by atoms with E-state index in [2.05, 4.69) is 28.5 Å². The van der Waals surface area contributed by atoms with Crippen molar-refractivity contribution in [1.82, 2.24) is 15.6 Å². The molecule has 0 unspecified atom stereocenters. The van der Waals surface area contributed by atoms with E-state index in [1.165, 1.54) is 4.88 Å². The largest absolute Gasteiger partial charge is 0.309 e. The van der Waals surface area contributed by atoms with Crippen LogP contribution in [0.15, 0.2) is 6.20 Å². The molecule has 1 aromatic heterocycles. The summed E-state index contributed by atoms with van der Waals surface area (Å²) in [6.07, 6.45) is 8.14. The highest BCUT2D eigenvalue weighted by molar-refractivity contribution is 7.11. The van der Waals surface area contributed by atoms with Crippen LogP contribution in [0.5, 0.6) is 0 Å². The van der Waals surface area contributed by atoms with E-state index in [1.807, 2.05) is 6.20 Å². The van der Waals surface area contributed by atoms with Gasteiger partial charge in [-0.2, -0.15) is 0 Å². The van der Waals surface area contributed by atoms with Gasteiger partial charge in [-0.25, -0.2) is 4.98 Å². The van der Waals surface area contributed by atoms with Gasteiger partial charge >= 0.3 is 0 Å². The number of hydrogen-bond acceptors (Lipinski definition) is 4. The number of aromatic nitrogens is 1. The highest BCUT2D eigenvalue weighted by Gasteiger charge is 1.98. The van der Waals surface area contributed by atoms with Crippen LogP contribution in [0.3, 0.4) is 0 Å². The van der Waals surface area contributed by atoms with Crippen molar-refractivity contribution in [3.8, 4) is 12.3 Å². The minimum Gasteiger partial charge on any atom is -0.309 e. The maximum Gasteiger partial charge on any atom is 0.107 e. The van der Waals surface area contributed by atoms with Crippen LogP contribution in [-0.4, -0.2) is 24.6 Å². The van der Waals surface area contributed by atoms with E-state index < -0.39 is 0 Å². The van der Waals surface area contributed by atoms with Crippen LogP contribution < -0.4 is 10.6 Å². The summed E-state index contributed by atoms with van der Waals surface area (Å²) in [4.78, 5) is 5.67. The molecule has 15 heavy (non-hydrogen) atoms. The Kier molecular flexibility index (Phi) is 6.02. The SMILES string of the molecule is C#CCNCCNCc1ncc(CC)s1. The molecule has 1 heterocycles. The minimum atomic E-state index is 0.638. The highest BCUT2D eigenvalue weighted by Crippen LogP contribution is 2.12. The van der Waals surface area contributed by atoms with Crippen LogP contribution in [0.4, 0.5) is 0 Å². The number of rotatable bonds is 7. The first-order valence-electron chi connectivity index (χ1n) is 5.15. The van der Waals surface area contributed by atoms with E-state index in [-0.39, 0.29) is 0 Å². The van der Waals surface area contributed by atoms with Crippen molar-refractivity contribution in [3.63, 3.8) is 0 Å². The van der Waals surface area contributed by atoms with Crippen molar-refractivity contribution in [1.29, 1.82) is 0 Å². The Morgan fingerprint density at radius 1 is 1.47 bits per heavy atom. The molecule has 1 rings (SSSR count). The first-order valence-corrected chi connectivity index (χ1v) is 5.97. The number of nitrogens with zero attached hydrogens (tertiary/aromatic N) is 1. The Morgan fingerprint density at radius 3 is 2.93 bits per heavy atom. The molecule has 0 spiro atoms. The van der Waals surface area contributed by atoms with Gasteiger partial charge in [0.1, 0.15) is 5.01 Å². The molecule has 0 saturated carbocycles. The summed E-state index contributed by atoms with van der Waals surface area (Å²) in [7, 11) is 0. The van der Waals surface area contributed by atoms with E-state index in [9.17, 15) is 0 Å². The standard InChI is InChI=1S/C11H17N3S/c1-3-5-12-6-7-13-9-11-14-8-10(4-2)15-11/h1,8,12-13H,4-7,9H2,2H3. The second-order valence-corrected chi connectivity index (χ2v) is 4.33. The fourth-order valence-electron chi connectivity index (χ4n) is 1.13. The summed E-state index contributed by atoms with van der Waals surface area (Å²) in [6.45, 7) is 5.45. The zero-order chi connectivity index (χ0) is 10.9. The number of hydrogen-bond donors (Lipinski definition) is 2. The molecule has 2 N–H and O–H groups in total. The molecular weight excluding hydrogens is 206 g/mol. The van der Waals surface area contributed by atoms with E-state index in [4.69, 9.17) is 6.42 Å². The summed E-state index contributed by atoms with van der Waals surface area (Å²) >= 11 is 1.77. The van der Waals surface area contributed by atoms with Crippen molar-refractivity contribution < 1.29 is 0 Å². The molecule has 0 bridgehead atoms. The van der Waals surface area contributed by atoms with E-state index in [0.29, 0.717) is 6.54 Å². The van der Waals surface area contributed by atoms with Crippen molar-refractivity contribution in [2.24, 2.45) is 0 Å². The zero-order valence-corrected chi connectivity index (χ0v) is 9.86. The Morgan fingerprint density at radius 2 is 2.27 bits per heavy atom. The molecule has 0 aliphatic carbocycles. The van der Waals surface area contributed by atoms with Gasteiger partial charge in [0.15, 0.2) is 0 Å². The third kappa shape index (κ3) is 4.93. The zero-order valence-electron chi connectivity index (χ0n) is 9.05. The van der Waals surface area contributed by atoms with E-state index in [0.717, 1.165) is 31.1 Å². The summed E-state index contributed by atoms with van der Waals surface area (Å²) in [5.74, 6) is 2.54. The van der Waals surface area contributed by atoms with Crippen LogP contribution in [0.2, 0.25) is 0 Å².